The third-order valence-corrected chi connectivity index (χ3v) is 3.55. The van der Waals surface area contributed by atoms with E-state index in [2.05, 4.69) is 10.2 Å². The number of hydrogen-bond acceptors (Lipinski definition) is 3. The first kappa shape index (κ1) is 15.4. The summed E-state index contributed by atoms with van der Waals surface area (Å²) < 4.78 is 12.9. The summed E-state index contributed by atoms with van der Waals surface area (Å²) in [7, 11) is 1.72. The van der Waals surface area contributed by atoms with E-state index in [4.69, 9.17) is 5.73 Å². The molecule has 5 heteroatoms. The number of carbonyl (C=O) groups is 1. The van der Waals surface area contributed by atoms with Crippen molar-refractivity contribution in [1.82, 2.24) is 5.32 Å². The van der Waals surface area contributed by atoms with Crippen LogP contribution in [0.1, 0.15) is 20.3 Å². The summed E-state index contributed by atoms with van der Waals surface area (Å²) in [5.41, 5.74) is 5.61. The van der Waals surface area contributed by atoms with E-state index in [-0.39, 0.29) is 11.7 Å². The van der Waals surface area contributed by atoms with Crippen LogP contribution >= 0.6 is 0 Å². The Labute approximate surface area is 113 Å². The van der Waals surface area contributed by atoms with Crippen molar-refractivity contribution < 1.29 is 9.18 Å². The Kier molecular flexibility index (Phi) is 5.30. The van der Waals surface area contributed by atoms with Crippen LogP contribution in [-0.4, -0.2) is 31.6 Å². The Bertz CT molecular complexity index is 421. The Morgan fingerprint density at radius 1 is 1.42 bits per heavy atom. The van der Waals surface area contributed by atoms with Crippen LogP contribution in [0.25, 0.3) is 0 Å². The molecule has 0 aromatic heterocycles. The maximum absolute atomic E-state index is 12.9. The molecule has 3 N–H and O–H groups in total. The molecule has 1 unspecified atom stereocenters. The highest BCUT2D eigenvalue weighted by molar-refractivity contribution is 5.84. The molecule has 1 aromatic rings. The number of carbonyl (C=O) groups excluding carboxylic acids is 1. The second kappa shape index (κ2) is 6.52. The van der Waals surface area contributed by atoms with E-state index in [1.165, 1.54) is 12.1 Å². The lowest BCUT2D eigenvalue weighted by Crippen LogP contribution is -2.53. The molecule has 0 saturated carbocycles. The summed E-state index contributed by atoms with van der Waals surface area (Å²) in [5.74, 6) is -0.623. The van der Waals surface area contributed by atoms with Gasteiger partial charge in [-0.2, -0.15) is 0 Å². The zero-order valence-electron chi connectivity index (χ0n) is 11.7. The summed E-state index contributed by atoms with van der Waals surface area (Å²) in [4.78, 5) is 13.5. The maximum atomic E-state index is 12.9. The molecular formula is C14H22FN3O. The summed E-state index contributed by atoms with van der Waals surface area (Å²) in [6, 6.07) is 6.34. The largest absolute Gasteiger partial charge is 0.372 e. The van der Waals surface area contributed by atoms with Crippen molar-refractivity contribution in [2.45, 2.75) is 25.8 Å². The summed E-state index contributed by atoms with van der Waals surface area (Å²) >= 11 is 0. The molecule has 0 bridgehead atoms. The molecule has 1 rings (SSSR count). The van der Waals surface area contributed by atoms with E-state index >= 15 is 0 Å². The van der Waals surface area contributed by atoms with Crippen molar-refractivity contribution >= 4 is 11.6 Å². The van der Waals surface area contributed by atoms with Crippen LogP contribution in [0, 0.1) is 5.82 Å². The van der Waals surface area contributed by atoms with Gasteiger partial charge < -0.3 is 16.0 Å². The lowest BCUT2D eigenvalue weighted by molar-refractivity contribution is -0.123. The highest BCUT2D eigenvalue weighted by Crippen LogP contribution is 2.17. The Morgan fingerprint density at radius 3 is 2.42 bits per heavy atom. The number of rotatable bonds is 7. The van der Waals surface area contributed by atoms with Crippen molar-refractivity contribution in [3.8, 4) is 0 Å². The summed E-state index contributed by atoms with van der Waals surface area (Å²) in [6.07, 6.45) is 0.587. The molecule has 0 saturated heterocycles. The lowest BCUT2D eigenvalue weighted by Gasteiger charge is -2.30. The van der Waals surface area contributed by atoms with Crippen LogP contribution in [0.2, 0.25) is 0 Å². The first-order valence-corrected chi connectivity index (χ1v) is 6.42. The number of hydrogen-bond donors (Lipinski definition) is 2. The van der Waals surface area contributed by atoms with Crippen molar-refractivity contribution in [1.29, 1.82) is 0 Å². The number of primary amides is 1. The number of anilines is 1. The standard InChI is InChI=1S/C14H22FN3O/c1-4-18(12-7-5-11(15)6-8-12)10-9-14(2,17-3)13(16)19/h5-8,17H,4,9-10H2,1-3H3,(H2,16,19). The van der Waals surface area contributed by atoms with E-state index in [9.17, 15) is 9.18 Å². The number of nitrogens with one attached hydrogen (secondary N) is 1. The fourth-order valence-electron chi connectivity index (χ4n) is 1.85. The second-order valence-electron chi connectivity index (χ2n) is 4.75. The van der Waals surface area contributed by atoms with Crippen molar-refractivity contribution in [3.63, 3.8) is 0 Å². The van der Waals surface area contributed by atoms with Gasteiger partial charge >= 0.3 is 0 Å². The molecule has 19 heavy (non-hydrogen) atoms. The molecule has 0 heterocycles. The molecule has 4 nitrogen and oxygen atoms in total. The van der Waals surface area contributed by atoms with E-state index in [1.807, 2.05) is 6.92 Å². The number of benzene rings is 1. The molecule has 0 spiro atoms. The van der Waals surface area contributed by atoms with Gasteiger partial charge in [0.05, 0.1) is 5.54 Å². The maximum Gasteiger partial charge on any atom is 0.237 e. The van der Waals surface area contributed by atoms with Gasteiger partial charge in [-0.25, -0.2) is 4.39 Å². The van der Waals surface area contributed by atoms with Gasteiger partial charge in [0.25, 0.3) is 0 Å². The molecule has 0 radical (unpaired) electrons. The van der Waals surface area contributed by atoms with Crippen molar-refractivity contribution in [2.75, 3.05) is 25.0 Å². The average Bonchev–Trinajstić information content (AvgIpc) is 2.40. The third kappa shape index (κ3) is 3.92. The van der Waals surface area contributed by atoms with Gasteiger partial charge in [-0.1, -0.05) is 0 Å². The van der Waals surface area contributed by atoms with Crippen LogP contribution < -0.4 is 16.0 Å². The fourth-order valence-corrected chi connectivity index (χ4v) is 1.85. The van der Waals surface area contributed by atoms with Gasteiger partial charge in [-0.05, 0) is 51.6 Å². The van der Waals surface area contributed by atoms with Crippen LogP contribution in [0.4, 0.5) is 10.1 Å². The lowest BCUT2D eigenvalue weighted by atomic mass is 9.97. The Balaban J connectivity index is 2.73. The summed E-state index contributed by atoms with van der Waals surface area (Å²) in [6.45, 7) is 5.25. The number of nitrogens with two attached hydrogens (primary N) is 1. The minimum atomic E-state index is -0.729. The molecule has 0 aliphatic rings. The monoisotopic (exact) mass is 267 g/mol. The number of nitrogens with zero attached hydrogens (tertiary/aromatic N) is 1. The number of amides is 1. The zero-order valence-corrected chi connectivity index (χ0v) is 11.7. The normalized spacial score (nSPS) is 13.9. The highest BCUT2D eigenvalue weighted by atomic mass is 19.1. The molecule has 0 aliphatic carbocycles. The Hall–Kier alpha value is -1.62. The number of likely N-dealkylation sites (N-methyl/N-ethyl adjacent to an activating group) is 1. The summed E-state index contributed by atoms with van der Waals surface area (Å²) in [5, 5.41) is 2.96. The SMILES string of the molecule is CCN(CCC(C)(NC)C(N)=O)c1ccc(F)cc1. The van der Waals surface area contributed by atoms with Crippen molar-refractivity contribution in [3.05, 3.63) is 30.1 Å². The van der Waals surface area contributed by atoms with Gasteiger partial charge in [0.1, 0.15) is 5.82 Å². The average molecular weight is 267 g/mol. The smallest absolute Gasteiger partial charge is 0.237 e. The van der Waals surface area contributed by atoms with E-state index in [1.54, 1.807) is 26.1 Å². The van der Waals surface area contributed by atoms with E-state index in [0.29, 0.717) is 13.0 Å². The van der Waals surface area contributed by atoms with Gasteiger partial charge in [0, 0.05) is 18.8 Å². The van der Waals surface area contributed by atoms with Gasteiger partial charge in [0.15, 0.2) is 0 Å². The minimum absolute atomic E-state index is 0.253. The second-order valence-corrected chi connectivity index (χ2v) is 4.75. The fraction of sp³-hybridized carbons (Fsp3) is 0.500. The number of halogens is 1. The first-order chi connectivity index (χ1) is 8.92. The molecule has 1 atom stereocenters. The quantitative estimate of drug-likeness (QED) is 0.787. The van der Waals surface area contributed by atoms with Gasteiger partial charge in [0.2, 0.25) is 5.91 Å². The molecule has 1 amide bonds. The van der Waals surface area contributed by atoms with Crippen molar-refractivity contribution in [2.24, 2.45) is 5.73 Å². The molecular weight excluding hydrogens is 245 g/mol. The zero-order chi connectivity index (χ0) is 14.5. The molecule has 1 aromatic carbocycles. The molecule has 0 fully saturated rings. The highest BCUT2D eigenvalue weighted by Gasteiger charge is 2.29. The molecule has 0 aliphatic heterocycles. The van der Waals surface area contributed by atoms with Crippen LogP contribution in [0.5, 0.6) is 0 Å². The Morgan fingerprint density at radius 2 is 2.00 bits per heavy atom. The topological polar surface area (TPSA) is 58.4 Å². The van der Waals surface area contributed by atoms with Gasteiger partial charge in [-0.3, -0.25) is 4.79 Å². The third-order valence-electron chi connectivity index (χ3n) is 3.55. The van der Waals surface area contributed by atoms with Crippen LogP contribution in [0.15, 0.2) is 24.3 Å². The minimum Gasteiger partial charge on any atom is -0.372 e. The van der Waals surface area contributed by atoms with Crippen LogP contribution in [0.3, 0.4) is 0 Å². The van der Waals surface area contributed by atoms with Crippen LogP contribution in [-0.2, 0) is 4.79 Å². The predicted molar refractivity (Wildman–Crippen MR) is 75.6 cm³/mol. The van der Waals surface area contributed by atoms with E-state index in [0.717, 1.165) is 12.2 Å². The van der Waals surface area contributed by atoms with E-state index < -0.39 is 5.54 Å². The predicted octanol–water partition coefficient (Wildman–Crippen LogP) is 1.51. The molecule has 106 valence electrons. The first-order valence-electron chi connectivity index (χ1n) is 6.42. The van der Waals surface area contributed by atoms with Gasteiger partial charge in [-0.15, -0.1) is 0 Å².